The van der Waals surface area contributed by atoms with Crippen molar-refractivity contribution in [3.8, 4) is 11.5 Å². The molecule has 0 aliphatic carbocycles. The van der Waals surface area contributed by atoms with Gasteiger partial charge in [-0.3, -0.25) is 9.97 Å². The summed E-state index contributed by atoms with van der Waals surface area (Å²) in [4.78, 5) is 8.80. The zero-order chi connectivity index (χ0) is 15.2. The van der Waals surface area contributed by atoms with Crippen molar-refractivity contribution in [1.82, 2.24) is 15.3 Å². The van der Waals surface area contributed by atoms with Crippen LogP contribution in [0.5, 0.6) is 11.5 Å². The summed E-state index contributed by atoms with van der Waals surface area (Å²) in [5.41, 5.74) is 2.85. The SMILES string of the molecule is CCNC(c1ccc(OC)c(OC)c1)c1cnc(C)cn1. The maximum Gasteiger partial charge on any atom is 0.161 e. The lowest BCUT2D eigenvalue weighted by Gasteiger charge is -2.19. The van der Waals surface area contributed by atoms with Crippen molar-refractivity contribution in [1.29, 1.82) is 0 Å². The molecule has 1 N–H and O–H groups in total. The minimum Gasteiger partial charge on any atom is -0.493 e. The second-order valence-electron chi connectivity index (χ2n) is 4.69. The van der Waals surface area contributed by atoms with Crippen molar-refractivity contribution in [2.75, 3.05) is 20.8 Å². The molecule has 0 spiro atoms. The quantitative estimate of drug-likeness (QED) is 0.884. The highest BCUT2D eigenvalue weighted by Gasteiger charge is 2.17. The molecule has 1 atom stereocenters. The molecule has 0 aliphatic rings. The molecule has 0 radical (unpaired) electrons. The second kappa shape index (κ2) is 7.04. The van der Waals surface area contributed by atoms with Gasteiger partial charge < -0.3 is 14.8 Å². The van der Waals surface area contributed by atoms with Gasteiger partial charge in [0.15, 0.2) is 11.5 Å². The first kappa shape index (κ1) is 15.3. The molecule has 2 rings (SSSR count). The Labute approximate surface area is 125 Å². The van der Waals surface area contributed by atoms with Crippen molar-refractivity contribution in [2.45, 2.75) is 19.9 Å². The third-order valence-electron chi connectivity index (χ3n) is 3.25. The van der Waals surface area contributed by atoms with Crippen LogP contribution in [0.25, 0.3) is 0 Å². The van der Waals surface area contributed by atoms with Gasteiger partial charge in [0.2, 0.25) is 0 Å². The fraction of sp³-hybridized carbons (Fsp3) is 0.375. The van der Waals surface area contributed by atoms with Gasteiger partial charge in [-0.25, -0.2) is 0 Å². The van der Waals surface area contributed by atoms with E-state index >= 15 is 0 Å². The van der Waals surface area contributed by atoms with E-state index in [0.29, 0.717) is 11.5 Å². The number of rotatable bonds is 6. The normalized spacial score (nSPS) is 12.0. The largest absolute Gasteiger partial charge is 0.493 e. The van der Waals surface area contributed by atoms with E-state index < -0.39 is 0 Å². The summed E-state index contributed by atoms with van der Waals surface area (Å²) in [5.74, 6) is 1.42. The minimum atomic E-state index is -0.0251. The summed E-state index contributed by atoms with van der Waals surface area (Å²) >= 11 is 0. The Hall–Kier alpha value is -2.14. The standard InChI is InChI=1S/C16H21N3O2/c1-5-17-16(13-10-18-11(2)9-19-13)12-6-7-14(20-3)15(8-12)21-4/h6-10,16-17H,5H2,1-4H3. The Balaban J connectivity index is 2.40. The first-order chi connectivity index (χ1) is 10.2. The highest BCUT2D eigenvalue weighted by Crippen LogP contribution is 2.31. The van der Waals surface area contributed by atoms with Gasteiger partial charge in [0, 0.05) is 6.20 Å². The molecule has 1 aromatic carbocycles. The molecule has 1 unspecified atom stereocenters. The van der Waals surface area contributed by atoms with Gasteiger partial charge >= 0.3 is 0 Å². The molecule has 0 amide bonds. The van der Waals surface area contributed by atoms with Crippen LogP contribution in [0.15, 0.2) is 30.6 Å². The lowest BCUT2D eigenvalue weighted by Crippen LogP contribution is -2.23. The van der Waals surface area contributed by atoms with Gasteiger partial charge in [-0.2, -0.15) is 0 Å². The van der Waals surface area contributed by atoms with Gasteiger partial charge in [-0.15, -0.1) is 0 Å². The van der Waals surface area contributed by atoms with Crippen LogP contribution in [0.3, 0.4) is 0 Å². The second-order valence-corrected chi connectivity index (χ2v) is 4.69. The number of ether oxygens (including phenoxy) is 2. The average molecular weight is 287 g/mol. The van der Waals surface area contributed by atoms with Crippen LogP contribution < -0.4 is 14.8 Å². The Morgan fingerprint density at radius 3 is 2.43 bits per heavy atom. The molecular weight excluding hydrogens is 266 g/mol. The van der Waals surface area contributed by atoms with E-state index in [0.717, 1.165) is 23.5 Å². The van der Waals surface area contributed by atoms with E-state index in [9.17, 15) is 0 Å². The fourth-order valence-electron chi connectivity index (χ4n) is 2.18. The Kier molecular flexibility index (Phi) is 5.11. The molecule has 0 bridgehead atoms. The summed E-state index contributed by atoms with van der Waals surface area (Å²) in [6.45, 7) is 4.82. The van der Waals surface area contributed by atoms with E-state index in [1.165, 1.54) is 0 Å². The van der Waals surface area contributed by atoms with Crippen LogP contribution in [-0.4, -0.2) is 30.7 Å². The predicted octanol–water partition coefficient (Wildman–Crippen LogP) is 2.50. The van der Waals surface area contributed by atoms with Crippen molar-refractivity contribution in [2.24, 2.45) is 0 Å². The van der Waals surface area contributed by atoms with Gasteiger partial charge in [0.05, 0.1) is 37.8 Å². The minimum absolute atomic E-state index is 0.0251. The number of nitrogens with zero attached hydrogens (tertiary/aromatic N) is 2. The third kappa shape index (κ3) is 3.49. The number of hydrogen-bond donors (Lipinski definition) is 1. The molecule has 0 saturated carbocycles. The zero-order valence-electron chi connectivity index (χ0n) is 12.9. The maximum atomic E-state index is 5.37. The van der Waals surface area contributed by atoms with Crippen LogP contribution >= 0.6 is 0 Å². The zero-order valence-corrected chi connectivity index (χ0v) is 12.9. The first-order valence-corrected chi connectivity index (χ1v) is 6.93. The molecule has 112 valence electrons. The fourth-order valence-corrected chi connectivity index (χ4v) is 2.18. The summed E-state index contributed by atoms with van der Waals surface area (Å²) in [6.07, 6.45) is 3.58. The lowest BCUT2D eigenvalue weighted by molar-refractivity contribution is 0.354. The van der Waals surface area contributed by atoms with E-state index in [2.05, 4.69) is 22.2 Å². The van der Waals surface area contributed by atoms with Crippen LogP contribution in [0, 0.1) is 6.92 Å². The van der Waals surface area contributed by atoms with Crippen molar-refractivity contribution in [3.05, 3.63) is 47.5 Å². The van der Waals surface area contributed by atoms with Crippen molar-refractivity contribution >= 4 is 0 Å². The molecule has 0 fully saturated rings. The van der Waals surface area contributed by atoms with E-state index in [-0.39, 0.29) is 6.04 Å². The van der Waals surface area contributed by atoms with Gasteiger partial charge in [0.25, 0.3) is 0 Å². The molecule has 1 heterocycles. The van der Waals surface area contributed by atoms with Crippen molar-refractivity contribution in [3.63, 3.8) is 0 Å². The molecule has 5 nitrogen and oxygen atoms in total. The number of nitrogens with one attached hydrogen (secondary N) is 1. The van der Waals surface area contributed by atoms with Crippen LogP contribution in [0.4, 0.5) is 0 Å². The highest BCUT2D eigenvalue weighted by molar-refractivity contribution is 5.45. The maximum absolute atomic E-state index is 5.37. The Morgan fingerprint density at radius 2 is 1.86 bits per heavy atom. The monoisotopic (exact) mass is 287 g/mol. The number of benzene rings is 1. The number of aryl methyl sites for hydroxylation is 1. The highest BCUT2D eigenvalue weighted by atomic mass is 16.5. The van der Waals surface area contributed by atoms with Crippen LogP contribution in [0.1, 0.15) is 29.9 Å². The first-order valence-electron chi connectivity index (χ1n) is 6.93. The lowest BCUT2D eigenvalue weighted by atomic mass is 10.0. The van der Waals surface area contributed by atoms with Gasteiger partial charge in [-0.1, -0.05) is 13.0 Å². The topological polar surface area (TPSA) is 56.3 Å². The number of methoxy groups -OCH3 is 2. The smallest absolute Gasteiger partial charge is 0.161 e. The molecule has 0 aliphatic heterocycles. The molecule has 2 aromatic rings. The number of hydrogen-bond acceptors (Lipinski definition) is 5. The average Bonchev–Trinajstić information content (AvgIpc) is 2.53. The Bertz CT molecular complexity index is 585. The third-order valence-corrected chi connectivity index (χ3v) is 3.25. The molecule has 1 aromatic heterocycles. The van der Waals surface area contributed by atoms with Crippen molar-refractivity contribution < 1.29 is 9.47 Å². The van der Waals surface area contributed by atoms with Gasteiger partial charge in [0.1, 0.15) is 0 Å². The molecular formula is C16H21N3O2. The van der Waals surface area contributed by atoms with Crippen LogP contribution in [0.2, 0.25) is 0 Å². The summed E-state index contributed by atoms with van der Waals surface area (Å²) in [6, 6.07) is 5.85. The Morgan fingerprint density at radius 1 is 1.10 bits per heavy atom. The summed E-state index contributed by atoms with van der Waals surface area (Å²) in [5, 5.41) is 3.42. The van der Waals surface area contributed by atoms with Crippen LogP contribution in [-0.2, 0) is 0 Å². The predicted molar refractivity (Wildman–Crippen MR) is 81.8 cm³/mol. The summed E-state index contributed by atoms with van der Waals surface area (Å²) in [7, 11) is 3.26. The molecule has 21 heavy (non-hydrogen) atoms. The van der Waals surface area contributed by atoms with E-state index in [1.54, 1.807) is 26.6 Å². The van der Waals surface area contributed by atoms with E-state index in [4.69, 9.17) is 9.47 Å². The molecule has 0 saturated heterocycles. The summed E-state index contributed by atoms with van der Waals surface area (Å²) < 4.78 is 10.7. The van der Waals surface area contributed by atoms with E-state index in [1.807, 2.05) is 25.1 Å². The molecule has 5 heteroatoms. The van der Waals surface area contributed by atoms with Gasteiger partial charge in [-0.05, 0) is 31.2 Å². The number of aromatic nitrogens is 2.